The van der Waals surface area contributed by atoms with Crippen molar-refractivity contribution in [2.75, 3.05) is 0 Å². The van der Waals surface area contributed by atoms with Crippen molar-refractivity contribution in [3.63, 3.8) is 0 Å². The Morgan fingerprint density at radius 2 is 1.44 bits per heavy atom. The molecule has 0 aromatic carbocycles. The SMILES string of the molecule is CCCCCCC(O)(CCCCCC)c1cccnc1.O=S(=O)(O)O. The highest BCUT2D eigenvalue weighted by Crippen LogP contribution is 2.32. The van der Waals surface area contributed by atoms with E-state index in [1.165, 1.54) is 38.5 Å². The second-order valence-electron chi connectivity index (χ2n) is 6.34. The summed E-state index contributed by atoms with van der Waals surface area (Å²) in [5.41, 5.74) is 0.323. The molecular weight excluding hydrogens is 342 g/mol. The Balaban J connectivity index is 0.00000101. The van der Waals surface area contributed by atoms with Gasteiger partial charge in [0.05, 0.1) is 5.60 Å². The second kappa shape index (κ2) is 13.2. The molecule has 25 heavy (non-hydrogen) atoms. The third-order valence-electron chi connectivity index (χ3n) is 4.09. The van der Waals surface area contributed by atoms with Crippen LogP contribution >= 0.6 is 0 Å². The van der Waals surface area contributed by atoms with Gasteiger partial charge in [0.15, 0.2) is 0 Å². The van der Waals surface area contributed by atoms with E-state index in [4.69, 9.17) is 17.5 Å². The number of hydrogen-bond donors (Lipinski definition) is 3. The number of pyridine rings is 1. The molecule has 1 heterocycles. The summed E-state index contributed by atoms with van der Waals surface area (Å²) in [6, 6.07) is 3.95. The van der Waals surface area contributed by atoms with E-state index in [9.17, 15) is 5.11 Å². The van der Waals surface area contributed by atoms with Crippen LogP contribution in [0, 0.1) is 0 Å². The highest BCUT2D eigenvalue weighted by atomic mass is 32.3. The van der Waals surface area contributed by atoms with Gasteiger partial charge in [-0.1, -0.05) is 71.3 Å². The summed E-state index contributed by atoms with van der Waals surface area (Å²) in [6.07, 6.45) is 15.0. The molecule has 0 aliphatic heterocycles. The van der Waals surface area contributed by atoms with Gasteiger partial charge in [0, 0.05) is 18.0 Å². The van der Waals surface area contributed by atoms with Crippen LogP contribution in [0.4, 0.5) is 0 Å². The van der Waals surface area contributed by atoms with Crippen molar-refractivity contribution in [1.82, 2.24) is 4.98 Å². The van der Waals surface area contributed by atoms with Crippen molar-refractivity contribution in [2.24, 2.45) is 0 Å². The van der Waals surface area contributed by atoms with E-state index in [2.05, 4.69) is 18.8 Å². The summed E-state index contributed by atoms with van der Waals surface area (Å²) >= 11 is 0. The van der Waals surface area contributed by atoms with Crippen LogP contribution in [0.2, 0.25) is 0 Å². The maximum absolute atomic E-state index is 11.0. The van der Waals surface area contributed by atoms with E-state index in [0.717, 1.165) is 31.2 Å². The normalized spacial score (nSPS) is 11.7. The lowest BCUT2D eigenvalue weighted by Gasteiger charge is -2.28. The smallest absolute Gasteiger partial charge is 0.385 e. The molecule has 1 aromatic rings. The predicted octanol–water partition coefficient (Wildman–Crippen LogP) is 4.56. The molecule has 0 amide bonds. The molecule has 0 saturated heterocycles. The molecule has 0 atom stereocenters. The van der Waals surface area contributed by atoms with Crippen LogP contribution in [0.15, 0.2) is 24.5 Å². The van der Waals surface area contributed by atoms with Gasteiger partial charge in [-0.15, -0.1) is 0 Å². The monoisotopic (exact) mass is 375 g/mol. The van der Waals surface area contributed by atoms with Gasteiger partial charge >= 0.3 is 10.4 Å². The maximum atomic E-state index is 11.0. The van der Waals surface area contributed by atoms with Crippen molar-refractivity contribution >= 4 is 10.4 Å². The Labute approximate surface area is 152 Å². The van der Waals surface area contributed by atoms with Crippen molar-refractivity contribution in [3.8, 4) is 0 Å². The molecule has 0 radical (unpaired) electrons. The zero-order chi connectivity index (χ0) is 19.2. The van der Waals surface area contributed by atoms with E-state index < -0.39 is 16.0 Å². The number of rotatable bonds is 11. The highest BCUT2D eigenvalue weighted by molar-refractivity contribution is 7.79. The lowest BCUT2D eigenvalue weighted by atomic mass is 9.84. The van der Waals surface area contributed by atoms with Crippen LogP contribution < -0.4 is 0 Å². The topological polar surface area (TPSA) is 108 Å². The van der Waals surface area contributed by atoms with Crippen LogP contribution in [-0.2, 0) is 16.0 Å². The number of hydrogen-bond acceptors (Lipinski definition) is 4. The Morgan fingerprint density at radius 3 is 1.80 bits per heavy atom. The molecule has 1 rings (SSSR count). The van der Waals surface area contributed by atoms with Crippen molar-refractivity contribution in [2.45, 2.75) is 83.7 Å². The van der Waals surface area contributed by atoms with Gasteiger partial charge in [-0.05, 0) is 18.9 Å². The van der Waals surface area contributed by atoms with E-state index in [1.807, 2.05) is 18.3 Å². The molecule has 3 N–H and O–H groups in total. The Bertz CT molecular complexity index is 514. The van der Waals surface area contributed by atoms with Crippen LogP contribution in [0.1, 0.15) is 83.6 Å². The first-order chi connectivity index (χ1) is 11.7. The number of aliphatic hydroxyl groups is 1. The summed E-state index contributed by atoms with van der Waals surface area (Å²) < 4.78 is 31.6. The molecule has 0 spiro atoms. The summed E-state index contributed by atoms with van der Waals surface area (Å²) in [5, 5.41) is 11.0. The first-order valence-electron chi connectivity index (χ1n) is 9.05. The Hall–Kier alpha value is -1.02. The summed E-state index contributed by atoms with van der Waals surface area (Å²) in [7, 11) is -4.67. The Kier molecular flexibility index (Phi) is 12.7. The average Bonchev–Trinajstić information content (AvgIpc) is 2.55. The van der Waals surface area contributed by atoms with Gasteiger partial charge in [0.2, 0.25) is 0 Å². The highest BCUT2D eigenvalue weighted by Gasteiger charge is 2.28. The van der Waals surface area contributed by atoms with Crippen molar-refractivity contribution in [3.05, 3.63) is 30.1 Å². The van der Waals surface area contributed by atoms with E-state index in [1.54, 1.807) is 6.20 Å². The first kappa shape index (κ1) is 24.0. The number of unbranched alkanes of at least 4 members (excludes halogenated alkanes) is 6. The van der Waals surface area contributed by atoms with Crippen LogP contribution in [0.3, 0.4) is 0 Å². The minimum atomic E-state index is -4.67. The van der Waals surface area contributed by atoms with Gasteiger partial charge in [0.25, 0.3) is 0 Å². The molecule has 146 valence electrons. The average molecular weight is 376 g/mol. The molecule has 0 aliphatic carbocycles. The lowest BCUT2D eigenvalue weighted by molar-refractivity contribution is 0.0129. The maximum Gasteiger partial charge on any atom is 0.394 e. The molecule has 0 saturated carbocycles. The lowest BCUT2D eigenvalue weighted by Crippen LogP contribution is -2.26. The van der Waals surface area contributed by atoms with Crippen LogP contribution in [0.5, 0.6) is 0 Å². The van der Waals surface area contributed by atoms with E-state index in [0.29, 0.717) is 0 Å². The largest absolute Gasteiger partial charge is 0.394 e. The van der Waals surface area contributed by atoms with Crippen LogP contribution in [0.25, 0.3) is 0 Å². The fourth-order valence-electron chi connectivity index (χ4n) is 2.74. The van der Waals surface area contributed by atoms with Gasteiger partial charge < -0.3 is 5.11 Å². The third-order valence-corrected chi connectivity index (χ3v) is 4.09. The summed E-state index contributed by atoms with van der Waals surface area (Å²) in [6.45, 7) is 4.44. The first-order valence-corrected chi connectivity index (χ1v) is 10.5. The standard InChI is InChI=1S/C18H31NO.H2O4S/c1-3-5-7-9-13-18(20,14-10-8-6-4-2)17-12-11-15-19-16-17;1-5(2,3)4/h11-12,15-16,20H,3-10,13-14H2,1-2H3;(H2,1,2,3,4). The van der Waals surface area contributed by atoms with E-state index >= 15 is 0 Å². The molecule has 0 bridgehead atoms. The molecular formula is C18H33NO5S. The predicted molar refractivity (Wildman–Crippen MR) is 99.8 cm³/mol. The van der Waals surface area contributed by atoms with E-state index in [-0.39, 0.29) is 0 Å². The number of nitrogens with zero attached hydrogens (tertiary/aromatic N) is 1. The van der Waals surface area contributed by atoms with Crippen molar-refractivity contribution in [1.29, 1.82) is 0 Å². The molecule has 0 aliphatic rings. The molecule has 7 heteroatoms. The van der Waals surface area contributed by atoms with Gasteiger partial charge in [-0.2, -0.15) is 8.42 Å². The zero-order valence-corrected chi connectivity index (χ0v) is 16.2. The molecule has 1 aromatic heterocycles. The summed E-state index contributed by atoms with van der Waals surface area (Å²) in [5.74, 6) is 0. The molecule has 0 fully saturated rings. The van der Waals surface area contributed by atoms with Gasteiger partial charge in [-0.25, -0.2) is 0 Å². The fourth-order valence-corrected chi connectivity index (χ4v) is 2.74. The van der Waals surface area contributed by atoms with Gasteiger partial charge in [0.1, 0.15) is 0 Å². The summed E-state index contributed by atoms with van der Waals surface area (Å²) in [4.78, 5) is 4.18. The zero-order valence-electron chi connectivity index (χ0n) is 15.4. The third kappa shape index (κ3) is 13.9. The molecule has 0 unspecified atom stereocenters. The van der Waals surface area contributed by atoms with Crippen LogP contribution in [-0.4, -0.2) is 27.6 Å². The minimum Gasteiger partial charge on any atom is -0.385 e. The Morgan fingerprint density at radius 1 is 0.960 bits per heavy atom. The second-order valence-corrected chi connectivity index (χ2v) is 7.24. The van der Waals surface area contributed by atoms with Crippen molar-refractivity contribution < 1.29 is 22.6 Å². The fraction of sp³-hybridized carbons (Fsp3) is 0.722. The van der Waals surface area contributed by atoms with Gasteiger partial charge in [-0.3, -0.25) is 14.1 Å². The molecule has 6 nitrogen and oxygen atoms in total. The number of aromatic nitrogens is 1. The minimum absolute atomic E-state index is 0.671. The quantitative estimate of drug-likeness (QED) is 0.386.